The van der Waals surface area contributed by atoms with Crippen LogP contribution in [0.1, 0.15) is 24.9 Å². The first-order valence-corrected chi connectivity index (χ1v) is 8.96. The minimum absolute atomic E-state index is 0.0891. The van der Waals surface area contributed by atoms with E-state index in [-0.39, 0.29) is 30.3 Å². The molecule has 0 aromatic heterocycles. The van der Waals surface area contributed by atoms with Crippen LogP contribution < -0.4 is 10.2 Å². The second-order valence-corrected chi connectivity index (χ2v) is 7.11. The van der Waals surface area contributed by atoms with Crippen molar-refractivity contribution >= 4 is 33.4 Å². The molecular formula is C19H17BrF2N2O2. The van der Waals surface area contributed by atoms with Crippen molar-refractivity contribution in [1.29, 1.82) is 0 Å². The molecule has 136 valence electrons. The normalized spacial score (nSPS) is 18.1. The lowest BCUT2D eigenvalue weighted by molar-refractivity contribution is -0.126. The Labute approximate surface area is 158 Å². The molecule has 2 amide bonds. The maximum absolute atomic E-state index is 13.9. The Morgan fingerprint density at radius 3 is 2.69 bits per heavy atom. The molecule has 2 aromatic rings. The standard InChI is InChI=1S/C19H17BrF2N2O2/c1-11(14-7-6-13(21)9-16(14)22)23-19(26)12-8-18(25)24(10-12)17-5-3-2-4-15(17)20/h2-7,9,11-12H,8,10H2,1H3,(H,23,26)/t11-,12+/m0/s1. The molecule has 1 heterocycles. The molecular weight excluding hydrogens is 406 g/mol. The number of hydrogen-bond acceptors (Lipinski definition) is 2. The number of rotatable bonds is 4. The fourth-order valence-corrected chi connectivity index (χ4v) is 3.55. The van der Waals surface area contributed by atoms with Crippen molar-refractivity contribution in [1.82, 2.24) is 5.32 Å². The van der Waals surface area contributed by atoms with Crippen LogP contribution in [0, 0.1) is 17.6 Å². The lowest BCUT2D eigenvalue weighted by atomic mass is 10.0. The van der Waals surface area contributed by atoms with Crippen molar-refractivity contribution in [3.63, 3.8) is 0 Å². The molecule has 2 atom stereocenters. The summed E-state index contributed by atoms with van der Waals surface area (Å²) in [5.74, 6) is -2.38. The molecule has 1 aliphatic heterocycles. The molecule has 0 bridgehead atoms. The van der Waals surface area contributed by atoms with E-state index in [1.54, 1.807) is 17.9 Å². The summed E-state index contributed by atoms with van der Waals surface area (Å²) >= 11 is 3.41. The molecule has 0 spiro atoms. The van der Waals surface area contributed by atoms with Gasteiger partial charge in [0.25, 0.3) is 0 Å². The zero-order valence-corrected chi connectivity index (χ0v) is 15.6. The van der Waals surface area contributed by atoms with Crippen molar-refractivity contribution < 1.29 is 18.4 Å². The number of carbonyl (C=O) groups excluding carboxylic acids is 2. The molecule has 0 radical (unpaired) electrons. The maximum atomic E-state index is 13.9. The van der Waals surface area contributed by atoms with Crippen LogP contribution in [-0.4, -0.2) is 18.4 Å². The topological polar surface area (TPSA) is 49.4 Å². The summed E-state index contributed by atoms with van der Waals surface area (Å²) in [4.78, 5) is 26.4. The zero-order valence-electron chi connectivity index (χ0n) is 14.0. The number of amides is 2. The van der Waals surface area contributed by atoms with E-state index in [9.17, 15) is 18.4 Å². The van der Waals surface area contributed by atoms with Crippen LogP contribution in [0.5, 0.6) is 0 Å². The highest BCUT2D eigenvalue weighted by Gasteiger charge is 2.36. The Morgan fingerprint density at radius 2 is 2.00 bits per heavy atom. The van der Waals surface area contributed by atoms with Crippen LogP contribution in [0.15, 0.2) is 46.9 Å². The number of carbonyl (C=O) groups is 2. The van der Waals surface area contributed by atoms with E-state index >= 15 is 0 Å². The molecule has 1 N–H and O–H groups in total. The van der Waals surface area contributed by atoms with Crippen molar-refractivity contribution in [3.05, 3.63) is 64.1 Å². The number of halogens is 3. The molecule has 2 aromatic carbocycles. The summed E-state index contributed by atoms with van der Waals surface area (Å²) in [5.41, 5.74) is 0.914. The van der Waals surface area contributed by atoms with E-state index in [0.717, 1.165) is 16.6 Å². The summed E-state index contributed by atoms with van der Waals surface area (Å²) in [6.45, 7) is 1.88. The van der Waals surface area contributed by atoms with Gasteiger partial charge in [0.05, 0.1) is 17.6 Å². The van der Waals surface area contributed by atoms with Gasteiger partial charge in [0, 0.05) is 29.1 Å². The Hall–Kier alpha value is -2.28. The summed E-state index contributed by atoms with van der Waals surface area (Å²) in [5, 5.41) is 2.71. The second kappa shape index (κ2) is 7.53. The van der Waals surface area contributed by atoms with E-state index in [1.807, 2.05) is 18.2 Å². The van der Waals surface area contributed by atoms with Crippen molar-refractivity contribution in [3.8, 4) is 0 Å². The van der Waals surface area contributed by atoms with Gasteiger partial charge in [0.2, 0.25) is 11.8 Å². The highest BCUT2D eigenvalue weighted by Crippen LogP contribution is 2.31. The summed E-state index contributed by atoms with van der Waals surface area (Å²) in [7, 11) is 0. The maximum Gasteiger partial charge on any atom is 0.227 e. The van der Waals surface area contributed by atoms with E-state index in [0.29, 0.717) is 5.69 Å². The Morgan fingerprint density at radius 1 is 1.27 bits per heavy atom. The van der Waals surface area contributed by atoms with Gasteiger partial charge in [-0.15, -0.1) is 0 Å². The highest BCUT2D eigenvalue weighted by atomic mass is 79.9. The third-order valence-corrected chi connectivity index (χ3v) is 5.10. The van der Waals surface area contributed by atoms with Crippen LogP contribution >= 0.6 is 15.9 Å². The molecule has 1 fully saturated rings. The summed E-state index contributed by atoms with van der Waals surface area (Å²) < 4.78 is 27.7. The van der Waals surface area contributed by atoms with Gasteiger partial charge in [-0.1, -0.05) is 18.2 Å². The minimum atomic E-state index is -0.713. The first-order valence-electron chi connectivity index (χ1n) is 8.17. The van der Waals surface area contributed by atoms with E-state index in [2.05, 4.69) is 21.2 Å². The third kappa shape index (κ3) is 3.77. The van der Waals surface area contributed by atoms with Gasteiger partial charge in [-0.05, 0) is 41.1 Å². The second-order valence-electron chi connectivity index (χ2n) is 6.25. The Balaban J connectivity index is 1.69. The van der Waals surface area contributed by atoms with Crippen LogP contribution in [0.4, 0.5) is 14.5 Å². The highest BCUT2D eigenvalue weighted by molar-refractivity contribution is 9.10. The summed E-state index contributed by atoms with van der Waals surface area (Å²) in [6, 6.07) is 9.91. The van der Waals surface area contributed by atoms with E-state index in [4.69, 9.17) is 0 Å². The smallest absolute Gasteiger partial charge is 0.227 e. The lowest BCUT2D eigenvalue weighted by Gasteiger charge is -2.20. The van der Waals surface area contributed by atoms with Crippen LogP contribution in [-0.2, 0) is 9.59 Å². The van der Waals surface area contributed by atoms with Gasteiger partial charge in [0.15, 0.2) is 0 Å². The van der Waals surface area contributed by atoms with Gasteiger partial charge in [-0.3, -0.25) is 9.59 Å². The van der Waals surface area contributed by atoms with E-state index in [1.165, 1.54) is 6.07 Å². The van der Waals surface area contributed by atoms with Gasteiger partial charge in [0.1, 0.15) is 11.6 Å². The molecule has 7 heteroatoms. The van der Waals surface area contributed by atoms with Crippen LogP contribution in [0.3, 0.4) is 0 Å². The average molecular weight is 423 g/mol. The van der Waals surface area contributed by atoms with Gasteiger partial charge < -0.3 is 10.2 Å². The molecule has 1 aliphatic rings. The Kier molecular flexibility index (Phi) is 5.36. The van der Waals surface area contributed by atoms with Gasteiger partial charge >= 0.3 is 0 Å². The number of anilines is 1. The van der Waals surface area contributed by atoms with Gasteiger partial charge in [-0.2, -0.15) is 0 Å². The van der Waals surface area contributed by atoms with Crippen molar-refractivity contribution in [2.24, 2.45) is 5.92 Å². The number of nitrogens with zero attached hydrogens (tertiary/aromatic N) is 1. The SMILES string of the molecule is C[C@H](NC(=O)[C@@H]1CC(=O)N(c2ccccc2Br)C1)c1ccc(F)cc1F. The molecule has 0 aliphatic carbocycles. The predicted octanol–water partition coefficient (Wildman–Crippen LogP) is 3.96. The summed E-state index contributed by atoms with van der Waals surface area (Å²) in [6.07, 6.45) is 0.0891. The van der Waals surface area contributed by atoms with Crippen molar-refractivity contribution in [2.75, 3.05) is 11.4 Å². The Bertz CT molecular complexity index is 859. The van der Waals surface area contributed by atoms with E-state index < -0.39 is 23.6 Å². The number of nitrogens with one attached hydrogen (secondary N) is 1. The van der Waals surface area contributed by atoms with Crippen molar-refractivity contribution in [2.45, 2.75) is 19.4 Å². The quantitative estimate of drug-likeness (QED) is 0.810. The lowest BCUT2D eigenvalue weighted by Crippen LogP contribution is -2.35. The minimum Gasteiger partial charge on any atom is -0.349 e. The molecule has 1 saturated heterocycles. The van der Waals surface area contributed by atoms with Crippen LogP contribution in [0.2, 0.25) is 0 Å². The molecule has 0 unspecified atom stereocenters. The van der Waals surface area contributed by atoms with Crippen LogP contribution in [0.25, 0.3) is 0 Å². The number of hydrogen-bond donors (Lipinski definition) is 1. The predicted molar refractivity (Wildman–Crippen MR) is 97.5 cm³/mol. The first kappa shape index (κ1) is 18.5. The molecule has 3 rings (SSSR count). The van der Waals surface area contributed by atoms with Gasteiger partial charge in [-0.25, -0.2) is 8.78 Å². The average Bonchev–Trinajstić information content (AvgIpc) is 2.97. The number of para-hydroxylation sites is 1. The number of benzene rings is 2. The third-order valence-electron chi connectivity index (χ3n) is 4.43. The first-order chi connectivity index (χ1) is 12.4. The molecule has 4 nitrogen and oxygen atoms in total. The molecule has 0 saturated carbocycles. The fourth-order valence-electron chi connectivity index (χ4n) is 3.05. The molecule has 26 heavy (non-hydrogen) atoms. The fraction of sp³-hybridized carbons (Fsp3) is 0.263. The largest absolute Gasteiger partial charge is 0.349 e. The monoisotopic (exact) mass is 422 g/mol. The zero-order chi connectivity index (χ0) is 18.8.